The van der Waals surface area contributed by atoms with E-state index >= 15 is 0 Å². The Morgan fingerprint density at radius 2 is 1.65 bits per heavy atom. The molecule has 0 saturated carbocycles. The van der Waals surface area contributed by atoms with Crippen molar-refractivity contribution in [1.82, 2.24) is 10.6 Å². The number of nitrogens with one attached hydrogen (secondary N) is 2. The summed E-state index contributed by atoms with van der Waals surface area (Å²) in [5.41, 5.74) is 1.50. The molecule has 0 aliphatic rings. The molecule has 0 radical (unpaired) electrons. The first-order chi connectivity index (χ1) is 11.2. The molecule has 23 heavy (non-hydrogen) atoms. The summed E-state index contributed by atoms with van der Waals surface area (Å²) >= 11 is 0. The number of para-hydroxylation sites is 1. The van der Waals surface area contributed by atoms with Gasteiger partial charge in [-0.3, -0.25) is 9.59 Å². The summed E-state index contributed by atoms with van der Waals surface area (Å²) in [4.78, 5) is 23.7. The second kappa shape index (κ2) is 8.58. The SMILES string of the molecule is COc1ccccc1CNC(=O)CCNC(=O)c1ccccc1. The van der Waals surface area contributed by atoms with Crippen molar-refractivity contribution in [3.63, 3.8) is 0 Å². The number of benzene rings is 2. The summed E-state index contributed by atoms with van der Waals surface area (Å²) in [5.74, 6) is 0.442. The number of carbonyl (C=O) groups excluding carboxylic acids is 2. The van der Waals surface area contributed by atoms with E-state index in [2.05, 4.69) is 10.6 Å². The first kappa shape index (κ1) is 16.5. The predicted octanol–water partition coefficient (Wildman–Crippen LogP) is 2.13. The van der Waals surface area contributed by atoms with Crippen molar-refractivity contribution in [2.45, 2.75) is 13.0 Å². The van der Waals surface area contributed by atoms with Crippen LogP contribution < -0.4 is 15.4 Å². The number of hydrogen-bond acceptors (Lipinski definition) is 3. The van der Waals surface area contributed by atoms with E-state index in [4.69, 9.17) is 4.74 Å². The minimum absolute atomic E-state index is 0.121. The molecular formula is C18H20N2O3. The average Bonchev–Trinajstić information content (AvgIpc) is 2.60. The van der Waals surface area contributed by atoms with E-state index < -0.39 is 0 Å². The largest absolute Gasteiger partial charge is 0.496 e. The van der Waals surface area contributed by atoms with Crippen molar-refractivity contribution in [3.8, 4) is 5.75 Å². The van der Waals surface area contributed by atoms with Crippen LogP contribution in [0.2, 0.25) is 0 Å². The summed E-state index contributed by atoms with van der Waals surface area (Å²) in [6.45, 7) is 0.695. The molecule has 120 valence electrons. The monoisotopic (exact) mass is 312 g/mol. The molecule has 2 aromatic carbocycles. The minimum atomic E-state index is -0.178. The lowest BCUT2D eigenvalue weighted by Gasteiger charge is -2.10. The van der Waals surface area contributed by atoms with Gasteiger partial charge in [0.15, 0.2) is 0 Å². The summed E-state index contributed by atoms with van der Waals surface area (Å²) < 4.78 is 5.23. The lowest BCUT2D eigenvalue weighted by molar-refractivity contribution is -0.121. The number of hydrogen-bond donors (Lipinski definition) is 2. The maximum atomic E-state index is 11.8. The van der Waals surface area contributed by atoms with Gasteiger partial charge < -0.3 is 15.4 Å². The van der Waals surface area contributed by atoms with Crippen LogP contribution in [0.1, 0.15) is 22.3 Å². The lowest BCUT2D eigenvalue weighted by Crippen LogP contribution is -2.30. The van der Waals surface area contributed by atoms with E-state index in [0.717, 1.165) is 11.3 Å². The van der Waals surface area contributed by atoms with Gasteiger partial charge in [0, 0.05) is 30.6 Å². The summed E-state index contributed by atoms with van der Waals surface area (Å²) in [6.07, 6.45) is 0.230. The van der Waals surface area contributed by atoms with Gasteiger partial charge in [-0.15, -0.1) is 0 Å². The lowest BCUT2D eigenvalue weighted by atomic mass is 10.2. The van der Waals surface area contributed by atoms with E-state index in [9.17, 15) is 9.59 Å². The number of methoxy groups -OCH3 is 1. The van der Waals surface area contributed by atoms with E-state index in [0.29, 0.717) is 18.7 Å². The maximum absolute atomic E-state index is 11.8. The van der Waals surface area contributed by atoms with E-state index in [1.54, 1.807) is 31.4 Å². The third-order valence-corrected chi connectivity index (χ3v) is 3.34. The van der Waals surface area contributed by atoms with E-state index in [-0.39, 0.29) is 18.2 Å². The van der Waals surface area contributed by atoms with Crippen LogP contribution in [0.3, 0.4) is 0 Å². The molecule has 2 amide bonds. The summed E-state index contributed by atoms with van der Waals surface area (Å²) in [7, 11) is 1.60. The molecule has 0 bridgehead atoms. The Kier molecular flexibility index (Phi) is 6.17. The van der Waals surface area contributed by atoms with Crippen LogP contribution in [0.4, 0.5) is 0 Å². The van der Waals surface area contributed by atoms with Crippen LogP contribution in [-0.4, -0.2) is 25.5 Å². The van der Waals surface area contributed by atoms with Crippen LogP contribution in [0, 0.1) is 0 Å². The predicted molar refractivity (Wildman–Crippen MR) is 88.2 cm³/mol. The molecule has 5 heteroatoms. The highest BCUT2D eigenvalue weighted by Gasteiger charge is 2.07. The molecular weight excluding hydrogens is 292 g/mol. The zero-order valence-electron chi connectivity index (χ0n) is 13.0. The van der Waals surface area contributed by atoms with Gasteiger partial charge in [0.1, 0.15) is 5.75 Å². The summed E-state index contributed by atoms with van der Waals surface area (Å²) in [5, 5.41) is 5.54. The van der Waals surface area contributed by atoms with Gasteiger partial charge in [-0.25, -0.2) is 0 Å². The molecule has 0 fully saturated rings. The molecule has 2 rings (SSSR count). The number of ether oxygens (including phenoxy) is 1. The van der Waals surface area contributed by atoms with Gasteiger partial charge in [0.05, 0.1) is 7.11 Å². The highest BCUT2D eigenvalue weighted by molar-refractivity contribution is 5.94. The Hall–Kier alpha value is -2.82. The maximum Gasteiger partial charge on any atom is 0.251 e. The number of amides is 2. The molecule has 2 aromatic rings. The van der Waals surface area contributed by atoms with Crippen LogP contribution in [0.25, 0.3) is 0 Å². The molecule has 0 aliphatic heterocycles. The van der Waals surface area contributed by atoms with Crippen molar-refractivity contribution in [3.05, 3.63) is 65.7 Å². The molecule has 0 unspecified atom stereocenters. The van der Waals surface area contributed by atoms with Crippen molar-refractivity contribution in [2.75, 3.05) is 13.7 Å². The Morgan fingerprint density at radius 1 is 0.957 bits per heavy atom. The molecule has 0 spiro atoms. The Labute approximate surface area is 135 Å². The third kappa shape index (κ3) is 5.14. The molecule has 0 saturated heterocycles. The van der Waals surface area contributed by atoms with Crippen LogP contribution in [0.15, 0.2) is 54.6 Å². The molecule has 0 aromatic heterocycles. The zero-order chi connectivity index (χ0) is 16.5. The zero-order valence-corrected chi connectivity index (χ0v) is 13.0. The molecule has 0 atom stereocenters. The third-order valence-electron chi connectivity index (χ3n) is 3.34. The van der Waals surface area contributed by atoms with Crippen molar-refractivity contribution in [2.24, 2.45) is 0 Å². The standard InChI is InChI=1S/C18H20N2O3/c1-23-16-10-6-5-9-15(16)13-20-17(21)11-12-19-18(22)14-7-3-2-4-8-14/h2-10H,11-13H2,1H3,(H,19,22)(H,20,21). The van der Waals surface area contributed by atoms with Crippen LogP contribution >= 0.6 is 0 Å². The number of carbonyl (C=O) groups is 2. The van der Waals surface area contributed by atoms with Crippen molar-refractivity contribution < 1.29 is 14.3 Å². The van der Waals surface area contributed by atoms with Crippen molar-refractivity contribution in [1.29, 1.82) is 0 Å². The smallest absolute Gasteiger partial charge is 0.251 e. The first-order valence-corrected chi connectivity index (χ1v) is 7.42. The molecule has 0 aliphatic carbocycles. The quantitative estimate of drug-likeness (QED) is 0.823. The van der Waals surface area contributed by atoms with Gasteiger partial charge in [-0.2, -0.15) is 0 Å². The van der Waals surface area contributed by atoms with Gasteiger partial charge >= 0.3 is 0 Å². The molecule has 5 nitrogen and oxygen atoms in total. The Bertz CT molecular complexity index is 656. The first-order valence-electron chi connectivity index (χ1n) is 7.42. The van der Waals surface area contributed by atoms with Gasteiger partial charge in [0.25, 0.3) is 5.91 Å². The minimum Gasteiger partial charge on any atom is -0.496 e. The second-order valence-electron chi connectivity index (χ2n) is 4.96. The Morgan fingerprint density at radius 3 is 2.39 bits per heavy atom. The number of rotatable bonds is 7. The van der Waals surface area contributed by atoms with Gasteiger partial charge in [-0.05, 0) is 18.2 Å². The van der Waals surface area contributed by atoms with E-state index in [1.807, 2.05) is 30.3 Å². The fraction of sp³-hybridized carbons (Fsp3) is 0.222. The average molecular weight is 312 g/mol. The van der Waals surface area contributed by atoms with E-state index in [1.165, 1.54) is 0 Å². The highest BCUT2D eigenvalue weighted by atomic mass is 16.5. The molecule has 2 N–H and O–H groups in total. The fourth-order valence-corrected chi connectivity index (χ4v) is 2.11. The Balaban J connectivity index is 1.72. The fourth-order valence-electron chi connectivity index (χ4n) is 2.11. The summed E-state index contributed by atoms with van der Waals surface area (Å²) in [6, 6.07) is 16.4. The van der Waals surface area contributed by atoms with Crippen molar-refractivity contribution >= 4 is 11.8 Å². The topological polar surface area (TPSA) is 67.4 Å². The van der Waals surface area contributed by atoms with Crippen LogP contribution in [0.5, 0.6) is 5.75 Å². The van der Waals surface area contributed by atoms with Gasteiger partial charge in [-0.1, -0.05) is 36.4 Å². The highest BCUT2D eigenvalue weighted by Crippen LogP contribution is 2.16. The second-order valence-corrected chi connectivity index (χ2v) is 4.96. The molecule has 0 heterocycles. The van der Waals surface area contributed by atoms with Crippen LogP contribution in [-0.2, 0) is 11.3 Å². The van der Waals surface area contributed by atoms with Gasteiger partial charge in [0.2, 0.25) is 5.91 Å². The normalized spacial score (nSPS) is 9.96.